The molecule has 0 bridgehead atoms. The van der Waals surface area contributed by atoms with Crippen LogP contribution in [0, 0.1) is 4.77 Å². The molecule has 0 radical (unpaired) electrons. The van der Waals surface area contributed by atoms with Crippen molar-refractivity contribution in [3.05, 3.63) is 28.0 Å². The van der Waals surface area contributed by atoms with E-state index >= 15 is 0 Å². The summed E-state index contributed by atoms with van der Waals surface area (Å²) in [4.78, 5) is 3.14. The first-order valence-electron chi connectivity index (χ1n) is 5.58. The van der Waals surface area contributed by atoms with Crippen molar-refractivity contribution in [3.8, 4) is 0 Å². The lowest BCUT2D eigenvalue weighted by molar-refractivity contribution is 0.0731. The highest BCUT2D eigenvalue weighted by Crippen LogP contribution is 2.23. The van der Waals surface area contributed by atoms with Crippen molar-refractivity contribution in [1.29, 1.82) is 0 Å². The Balaban J connectivity index is 2.33. The molecule has 0 amide bonds. The number of fused-ring (bicyclic) bond motifs is 1. The summed E-state index contributed by atoms with van der Waals surface area (Å²) in [5, 5.41) is 0.708. The van der Waals surface area contributed by atoms with E-state index in [9.17, 15) is 0 Å². The molecule has 5 heteroatoms. The van der Waals surface area contributed by atoms with E-state index in [1.807, 2.05) is 36.6 Å². The molecule has 0 unspecified atom stereocenters. The quantitative estimate of drug-likeness (QED) is 0.857. The number of H-pyrrole nitrogens is 1. The van der Waals surface area contributed by atoms with Crippen LogP contribution in [0.5, 0.6) is 0 Å². The molecule has 1 aromatic carbocycles. The fourth-order valence-corrected chi connectivity index (χ4v) is 2.34. The minimum absolute atomic E-state index is 0.227. The minimum atomic E-state index is 0.227. The molecule has 0 fully saturated rings. The van der Waals surface area contributed by atoms with Gasteiger partial charge in [-0.05, 0) is 38.2 Å². The maximum absolute atomic E-state index is 6.19. The number of ether oxygens (including phenoxy) is 1. The fraction of sp³-hybridized carbons (Fsp3) is 0.417. The third kappa shape index (κ3) is 2.70. The van der Waals surface area contributed by atoms with Crippen molar-refractivity contribution < 1.29 is 4.74 Å². The number of hydrogen-bond acceptors (Lipinski definition) is 2. The number of imidazole rings is 1. The van der Waals surface area contributed by atoms with E-state index in [4.69, 9.17) is 28.6 Å². The van der Waals surface area contributed by atoms with Crippen molar-refractivity contribution >= 4 is 34.9 Å². The van der Waals surface area contributed by atoms with E-state index in [1.165, 1.54) is 0 Å². The van der Waals surface area contributed by atoms with Gasteiger partial charge in [-0.15, -0.1) is 0 Å². The van der Waals surface area contributed by atoms with Crippen LogP contribution in [0.4, 0.5) is 0 Å². The Hall–Kier alpha value is -0.840. The minimum Gasteiger partial charge on any atom is -0.377 e. The van der Waals surface area contributed by atoms with Gasteiger partial charge >= 0.3 is 0 Å². The Morgan fingerprint density at radius 2 is 2.24 bits per heavy atom. The molecule has 0 atom stereocenters. The first kappa shape index (κ1) is 12.6. The van der Waals surface area contributed by atoms with Gasteiger partial charge in [0.1, 0.15) is 0 Å². The summed E-state index contributed by atoms with van der Waals surface area (Å²) >= 11 is 11.5. The Labute approximate surface area is 110 Å². The summed E-state index contributed by atoms with van der Waals surface area (Å²) in [6.07, 6.45) is 0.227. The molecular formula is C12H15ClN2OS. The second-order valence-corrected chi connectivity index (χ2v) is 4.93. The van der Waals surface area contributed by atoms with Gasteiger partial charge in [0.15, 0.2) is 4.77 Å². The third-order valence-corrected chi connectivity index (χ3v) is 3.14. The maximum Gasteiger partial charge on any atom is 0.178 e. The Bertz CT molecular complexity index is 573. The van der Waals surface area contributed by atoms with Crippen LogP contribution in [0.25, 0.3) is 11.0 Å². The van der Waals surface area contributed by atoms with E-state index in [1.54, 1.807) is 0 Å². The monoisotopic (exact) mass is 270 g/mol. The second-order valence-electron chi connectivity index (χ2n) is 4.14. The summed E-state index contributed by atoms with van der Waals surface area (Å²) in [5.41, 5.74) is 1.92. The zero-order chi connectivity index (χ0) is 12.4. The molecule has 92 valence electrons. The smallest absolute Gasteiger partial charge is 0.178 e. The van der Waals surface area contributed by atoms with E-state index in [0.29, 0.717) is 22.9 Å². The van der Waals surface area contributed by atoms with Crippen LogP contribution in [0.15, 0.2) is 18.2 Å². The van der Waals surface area contributed by atoms with Gasteiger partial charge in [0.05, 0.1) is 28.8 Å². The number of halogens is 1. The van der Waals surface area contributed by atoms with Gasteiger partial charge in [-0.1, -0.05) is 17.7 Å². The Morgan fingerprint density at radius 3 is 2.94 bits per heavy atom. The van der Waals surface area contributed by atoms with Crippen LogP contribution in [-0.2, 0) is 11.3 Å². The normalized spacial score (nSPS) is 11.5. The van der Waals surface area contributed by atoms with Crippen LogP contribution in [-0.4, -0.2) is 22.3 Å². The average Bonchev–Trinajstić information content (AvgIpc) is 2.56. The standard InChI is InChI=1S/C12H15ClN2OS/c1-8(2)16-7-6-15-11-9(13)4-3-5-10(11)14-12(15)17/h3-5,8H,6-7H2,1-2H3,(H,14,17). The van der Waals surface area contributed by atoms with Gasteiger partial charge in [-0.25, -0.2) is 0 Å². The summed E-state index contributed by atoms with van der Waals surface area (Å²) < 4.78 is 8.20. The fourth-order valence-electron chi connectivity index (χ4n) is 1.77. The molecule has 2 rings (SSSR count). The number of aromatic amines is 1. The highest BCUT2D eigenvalue weighted by molar-refractivity contribution is 7.71. The molecule has 0 aliphatic rings. The molecule has 1 aromatic heterocycles. The van der Waals surface area contributed by atoms with Crippen LogP contribution in [0.3, 0.4) is 0 Å². The van der Waals surface area contributed by atoms with Gasteiger partial charge in [-0.3, -0.25) is 0 Å². The molecular weight excluding hydrogens is 256 g/mol. The number of benzene rings is 1. The van der Waals surface area contributed by atoms with Gasteiger partial charge in [0.25, 0.3) is 0 Å². The topological polar surface area (TPSA) is 29.9 Å². The van der Waals surface area contributed by atoms with Crippen molar-refractivity contribution in [2.45, 2.75) is 26.5 Å². The highest BCUT2D eigenvalue weighted by atomic mass is 35.5. The van der Waals surface area contributed by atoms with Crippen LogP contribution in [0.2, 0.25) is 5.02 Å². The Morgan fingerprint density at radius 1 is 1.47 bits per heavy atom. The molecule has 1 N–H and O–H groups in total. The van der Waals surface area contributed by atoms with Crippen molar-refractivity contribution in [2.24, 2.45) is 0 Å². The SMILES string of the molecule is CC(C)OCCn1c(=S)[nH]c2cccc(Cl)c21. The molecule has 3 nitrogen and oxygen atoms in total. The number of para-hydroxylation sites is 1. The molecule has 2 aromatic rings. The van der Waals surface area contributed by atoms with E-state index in [0.717, 1.165) is 11.0 Å². The number of hydrogen-bond donors (Lipinski definition) is 1. The second kappa shape index (κ2) is 5.21. The molecule has 1 heterocycles. The van der Waals surface area contributed by atoms with E-state index < -0.39 is 0 Å². The lowest BCUT2D eigenvalue weighted by Crippen LogP contribution is -2.10. The van der Waals surface area contributed by atoms with Gasteiger partial charge in [0, 0.05) is 6.54 Å². The summed E-state index contributed by atoms with van der Waals surface area (Å²) in [6, 6.07) is 5.74. The highest BCUT2D eigenvalue weighted by Gasteiger charge is 2.07. The van der Waals surface area contributed by atoms with E-state index in [2.05, 4.69) is 4.98 Å². The van der Waals surface area contributed by atoms with Crippen molar-refractivity contribution in [1.82, 2.24) is 9.55 Å². The molecule has 0 saturated carbocycles. The van der Waals surface area contributed by atoms with Crippen LogP contribution < -0.4 is 0 Å². The molecule has 0 aliphatic carbocycles. The zero-order valence-corrected chi connectivity index (χ0v) is 11.4. The first-order valence-corrected chi connectivity index (χ1v) is 6.37. The van der Waals surface area contributed by atoms with Crippen LogP contribution in [0.1, 0.15) is 13.8 Å². The van der Waals surface area contributed by atoms with Gasteiger partial charge in [-0.2, -0.15) is 0 Å². The van der Waals surface area contributed by atoms with Gasteiger partial charge in [0.2, 0.25) is 0 Å². The maximum atomic E-state index is 6.19. The molecule has 0 aliphatic heterocycles. The third-order valence-electron chi connectivity index (χ3n) is 2.51. The Kier molecular flexibility index (Phi) is 3.86. The van der Waals surface area contributed by atoms with Crippen LogP contribution >= 0.6 is 23.8 Å². The number of nitrogens with one attached hydrogen (secondary N) is 1. The van der Waals surface area contributed by atoms with Crippen molar-refractivity contribution in [3.63, 3.8) is 0 Å². The molecule has 17 heavy (non-hydrogen) atoms. The van der Waals surface area contributed by atoms with Crippen molar-refractivity contribution in [2.75, 3.05) is 6.61 Å². The lowest BCUT2D eigenvalue weighted by Gasteiger charge is -2.09. The van der Waals surface area contributed by atoms with Gasteiger partial charge < -0.3 is 14.3 Å². The predicted octanol–water partition coefficient (Wildman–Crippen LogP) is 3.78. The summed E-state index contributed by atoms with van der Waals surface area (Å²) in [7, 11) is 0. The largest absolute Gasteiger partial charge is 0.377 e. The number of nitrogens with zero attached hydrogens (tertiary/aromatic N) is 1. The zero-order valence-electron chi connectivity index (χ0n) is 9.87. The molecule has 0 spiro atoms. The summed E-state index contributed by atoms with van der Waals surface area (Å²) in [5.74, 6) is 0. The number of aromatic nitrogens is 2. The lowest BCUT2D eigenvalue weighted by atomic mass is 10.3. The van der Waals surface area contributed by atoms with E-state index in [-0.39, 0.29) is 6.10 Å². The first-order chi connectivity index (χ1) is 8.09. The number of rotatable bonds is 4. The predicted molar refractivity (Wildman–Crippen MR) is 73.2 cm³/mol. The molecule has 0 saturated heterocycles. The average molecular weight is 271 g/mol. The summed E-state index contributed by atoms with van der Waals surface area (Å²) in [6.45, 7) is 5.37.